The molecule has 0 saturated carbocycles. The van der Waals surface area contributed by atoms with E-state index in [2.05, 4.69) is 25.2 Å². The number of benzene rings is 1. The van der Waals surface area contributed by atoms with Crippen molar-refractivity contribution in [3.8, 4) is 0 Å². The Bertz CT molecular complexity index is 916. The fraction of sp³-hybridized carbons (Fsp3) is 0.389. The van der Waals surface area contributed by atoms with Gasteiger partial charge in [-0.1, -0.05) is 23.7 Å². The van der Waals surface area contributed by atoms with Gasteiger partial charge in [0.15, 0.2) is 11.5 Å². The van der Waals surface area contributed by atoms with Crippen LogP contribution in [0.15, 0.2) is 36.9 Å². The van der Waals surface area contributed by atoms with E-state index >= 15 is 0 Å². The summed E-state index contributed by atoms with van der Waals surface area (Å²) in [5, 5.41) is 13.4. The molecule has 0 bridgehead atoms. The number of imidazole rings is 1. The lowest BCUT2D eigenvalue weighted by molar-refractivity contribution is -0.135. The van der Waals surface area contributed by atoms with Crippen molar-refractivity contribution in [2.24, 2.45) is 0 Å². The Morgan fingerprint density at radius 2 is 2.04 bits per heavy atom. The number of nitrogens with zero attached hydrogens (tertiary/aromatic N) is 5. The highest BCUT2D eigenvalue weighted by molar-refractivity contribution is 6.30. The predicted octanol–water partition coefficient (Wildman–Crippen LogP) is 1.91. The number of nitrogens with one attached hydrogen (secondary N) is 1. The number of aliphatic hydroxyl groups excluding tert-OH is 1. The monoisotopic (exact) mass is 388 g/mol. The van der Waals surface area contributed by atoms with E-state index in [1.807, 2.05) is 28.8 Å². The van der Waals surface area contributed by atoms with Gasteiger partial charge in [0.05, 0.1) is 19.0 Å². The van der Waals surface area contributed by atoms with Crippen molar-refractivity contribution >= 4 is 28.6 Å². The highest BCUT2D eigenvalue weighted by atomic mass is 35.5. The second-order valence-corrected chi connectivity index (χ2v) is 6.95. The smallest absolute Gasteiger partial charge is 0.167 e. The molecule has 9 heteroatoms. The normalized spacial score (nSPS) is 20.9. The zero-order valence-corrected chi connectivity index (χ0v) is 15.7. The lowest BCUT2D eigenvalue weighted by Crippen LogP contribution is -2.46. The summed E-state index contributed by atoms with van der Waals surface area (Å²) in [6, 6.07) is 7.80. The molecule has 142 valence electrons. The third kappa shape index (κ3) is 3.74. The van der Waals surface area contributed by atoms with Crippen molar-refractivity contribution in [1.29, 1.82) is 0 Å². The zero-order valence-electron chi connectivity index (χ0n) is 14.9. The number of rotatable bonds is 5. The number of morpholine rings is 1. The van der Waals surface area contributed by atoms with Gasteiger partial charge in [0.1, 0.15) is 18.1 Å². The van der Waals surface area contributed by atoms with Crippen LogP contribution < -0.4 is 5.32 Å². The maximum absolute atomic E-state index is 9.69. The van der Waals surface area contributed by atoms with Gasteiger partial charge in [0, 0.05) is 31.7 Å². The topological polar surface area (TPSA) is 88.3 Å². The number of anilines is 1. The zero-order chi connectivity index (χ0) is 18.8. The van der Waals surface area contributed by atoms with E-state index in [0.29, 0.717) is 30.1 Å². The minimum Gasteiger partial charge on any atom is -0.394 e. The van der Waals surface area contributed by atoms with Gasteiger partial charge in [-0.25, -0.2) is 15.0 Å². The van der Waals surface area contributed by atoms with Crippen LogP contribution in [0.2, 0.25) is 5.02 Å². The molecule has 1 saturated heterocycles. The fourth-order valence-electron chi connectivity index (χ4n) is 3.37. The SMILES string of the molecule is CNc1ncnc2c1ncn2[C@H]1CN(Cc2ccc(Cl)cc2)C[C@@H](CO)O1. The summed E-state index contributed by atoms with van der Waals surface area (Å²) in [5.41, 5.74) is 2.55. The Morgan fingerprint density at radius 3 is 2.78 bits per heavy atom. The van der Waals surface area contributed by atoms with Crippen molar-refractivity contribution in [3.63, 3.8) is 0 Å². The van der Waals surface area contributed by atoms with E-state index in [0.717, 1.165) is 17.1 Å². The fourth-order valence-corrected chi connectivity index (χ4v) is 3.49. The number of ether oxygens (including phenoxy) is 1. The second-order valence-electron chi connectivity index (χ2n) is 6.51. The average Bonchev–Trinajstić information content (AvgIpc) is 3.13. The van der Waals surface area contributed by atoms with Crippen LogP contribution in [0.5, 0.6) is 0 Å². The van der Waals surface area contributed by atoms with Crippen LogP contribution in [0.4, 0.5) is 5.82 Å². The maximum atomic E-state index is 9.69. The molecule has 27 heavy (non-hydrogen) atoms. The van der Waals surface area contributed by atoms with E-state index in [-0.39, 0.29) is 18.9 Å². The molecule has 1 aromatic carbocycles. The number of fused-ring (bicyclic) bond motifs is 1. The first-order valence-electron chi connectivity index (χ1n) is 8.76. The molecule has 1 fully saturated rings. The van der Waals surface area contributed by atoms with Crippen LogP contribution in [0.3, 0.4) is 0 Å². The molecule has 8 nitrogen and oxygen atoms in total. The average molecular weight is 389 g/mol. The molecule has 2 aromatic heterocycles. The van der Waals surface area contributed by atoms with Crippen LogP contribution >= 0.6 is 11.6 Å². The van der Waals surface area contributed by atoms with Crippen molar-refractivity contribution in [3.05, 3.63) is 47.5 Å². The van der Waals surface area contributed by atoms with Gasteiger partial charge < -0.3 is 15.2 Å². The summed E-state index contributed by atoms with van der Waals surface area (Å²) in [5.74, 6) is 0.672. The lowest BCUT2D eigenvalue weighted by Gasteiger charge is -2.37. The van der Waals surface area contributed by atoms with E-state index < -0.39 is 0 Å². The van der Waals surface area contributed by atoms with E-state index in [4.69, 9.17) is 16.3 Å². The summed E-state index contributed by atoms with van der Waals surface area (Å²) >= 11 is 5.98. The molecule has 0 aliphatic carbocycles. The van der Waals surface area contributed by atoms with Crippen LogP contribution in [0, 0.1) is 0 Å². The van der Waals surface area contributed by atoms with Crippen molar-refractivity contribution < 1.29 is 9.84 Å². The maximum Gasteiger partial charge on any atom is 0.167 e. The summed E-state index contributed by atoms with van der Waals surface area (Å²) < 4.78 is 7.98. The molecular weight excluding hydrogens is 368 g/mol. The van der Waals surface area contributed by atoms with Crippen LogP contribution in [-0.4, -0.2) is 62.4 Å². The van der Waals surface area contributed by atoms with Gasteiger partial charge in [0.25, 0.3) is 0 Å². The van der Waals surface area contributed by atoms with Crippen LogP contribution in [0.1, 0.15) is 11.8 Å². The molecule has 4 rings (SSSR count). The molecule has 1 aliphatic heterocycles. The quantitative estimate of drug-likeness (QED) is 0.690. The summed E-state index contributed by atoms with van der Waals surface area (Å²) in [6.45, 7) is 2.01. The Hall–Kier alpha value is -2.26. The minimum atomic E-state index is -0.298. The van der Waals surface area contributed by atoms with E-state index in [1.165, 1.54) is 6.33 Å². The molecule has 0 spiro atoms. The standard InChI is InChI=1S/C18H21ClN6O2/c1-20-17-16-18(22-10-21-17)25(11-23-16)15-8-24(7-14(9-26)27-15)6-12-2-4-13(19)5-3-12/h2-5,10-11,14-15,26H,6-9H2,1H3,(H,20,21,22)/t14-,15+/m0/s1. The third-order valence-electron chi connectivity index (χ3n) is 4.65. The first-order chi connectivity index (χ1) is 13.2. The molecule has 1 aliphatic rings. The Balaban J connectivity index is 1.59. The predicted molar refractivity (Wildman–Crippen MR) is 103 cm³/mol. The van der Waals surface area contributed by atoms with Crippen LogP contribution in [-0.2, 0) is 11.3 Å². The molecule has 0 radical (unpaired) electrons. The summed E-state index contributed by atoms with van der Waals surface area (Å²) in [6.07, 6.45) is 2.64. The Labute approximate surface area is 161 Å². The van der Waals surface area contributed by atoms with Crippen molar-refractivity contribution in [1.82, 2.24) is 24.4 Å². The van der Waals surface area contributed by atoms with E-state index in [1.54, 1.807) is 13.4 Å². The van der Waals surface area contributed by atoms with Gasteiger partial charge >= 0.3 is 0 Å². The van der Waals surface area contributed by atoms with Crippen molar-refractivity contribution in [2.45, 2.75) is 18.9 Å². The number of halogens is 1. The van der Waals surface area contributed by atoms with Gasteiger partial charge in [-0.3, -0.25) is 9.47 Å². The number of hydrogen-bond acceptors (Lipinski definition) is 7. The number of aliphatic hydroxyl groups is 1. The van der Waals surface area contributed by atoms with Crippen LogP contribution in [0.25, 0.3) is 11.2 Å². The minimum absolute atomic E-state index is 0.0446. The summed E-state index contributed by atoms with van der Waals surface area (Å²) in [4.78, 5) is 15.2. The number of hydrogen-bond donors (Lipinski definition) is 2. The van der Waals surface area contributed by atoms with Crippen molar-refractivity contribution in [2.75, 3.05) is 32.1 Å². The summed E-state index contributed by atoms with van der Waals surface area (Å²) in [7, 11) is 1.80. The largest absolute Gasteiger partial charge is 0.394 e. The van der Waals surface area contributed by atoms with Gasteiger partial charge in [-0.2, -0.15) is 0 Å². The Morgan fingerprint density at radius 1 is 1.22 bits per heavy atom. The molecule has 2 atom stereocenters. The molecular formula is C18H21ClN6O2. The third-order valence-corrected chi connectivity index (χ3v) is 4.91. The molecule has 2 N–H and O–H groups in total. The molecule has 0 amide bonds. The van der Waals surface area contributed by atoms with Gasteiger partial charge in [-0.05, 0) is 17.7 Å². The highest BCUT2D eigenvalue weighted by Gasteiger charge is 2.30. The van der Waals surface area contributed by atoms with Gasteiger partial charge in [0.2, 0.25) is 0 Å². The van der Waals surface area contributed by atoms with Gasteiger partial charge in [-0.15, -0.1) is 0 Å². The van der Waals surface area contributed by atoms with E-state index in [9.17, 15) is 5.11 Å². The lowest BCUT2D eigenvalue weighted by atomic mass is 10.2. The Kier molecular flexibility index (Phi) is 5.22. The molecule has 0 unspecified atom stereocenters. The second kappa shape index (κ2) is 7.77. The first kappa shape index (κ1) is 18.1. The first-order valence-corrected chi connectivity index (χ1v) is 9.14. The molecule has 3 heterocycles. The highest BCUT2D eigenvalue weighted by Crippen LogP contribution is 2.26. The molecule has 3 aromatic rings. The number of aromatic nitrogens is 4.